The molecule has 1 aromatic rings. The van der Waals surface area contributed by atoms with E-state index in [4.69, 9.17) is 12.2 Å². The zero-order valence-electron chi connectivity index (χ0n) is 10.8. The molecule has 0 spiro atoms. The fourth-order valence-electron chi connectivity index (χ4n) is 1.89. The van der Waals surface area contributed by atoms with E-state index in [-0.39, 0.29) is 17.9 Å². The summed E-state index contributed by atoms with van der Waals surface area (Å²) in [5.41, 5.74) is 1.61. The first-order valence-corrected chi connectivity index (χ1v) is 6.37. The molecule has 100 valence electrons. The Kier molecular flexibility index (Phi) is 3.80. The first-order valence-electron chi connectivity index (χ1n) is 5.97. The normalized spacial score (nSPS) is 18.4. The molecule has 0 saturated carbocycles. The molecule has 2 N–H and O–H groups in total. The van der Waals surface area contributed by atoms with Crippen LogP contribution in [0.4, 0.5) is 5.69 Å². The molecule has 0 bridgehead atoms. The Bertz CT molecular complexity index is 527. The van der Waals surface area contributed by atoms with Gasteiger partial charge in [-0.15, -0.1) is 0 Å². The van der Waals surface area contributed by atoms with Gasteiger partial charge in [-0.2, -0.15) is 0 Å². The molecule has 0 aromatic heterocycles. The number of benzene rings is 1. The average Bonchev–Trinajstić information content (AvgIpc) is 2.64. The number of nitrogens with zero attached hydrogens (tertiary/aromatic N) is 1. The lowest BCUT2D eigenvalue weighted by Gasteiger charge is -2.15. The Morgan fingerprint density at radius 2 is 2.05 bits per heavy atom. The van der Waals surface area contributed by atoms with Crippen LogP contribution >= 0.6 is 12.2 Å². The third-order valence-corrected chi connectivity index (χ3v) is 3.27. The number of nitrogens with one attached hydrogen (secondary N) is 2. The van der Waals surface area contributed by atoms with Crippen LogP contribution in [0.25, 0.3) is 0 Å². The highest BCUT2D eigenvalue weighted by atomic mass is 32.1. The van der Waals surface area contributed by atoms with Gasteiger partial charge in [-0.25, -0.2) is 0 Å². The summed E-state index contributed by atoms with van der Waals surface area (Å²) >= 11 is 5.13. The van der Waals surface area contributed by atoms with Crippen LogP contribution in [0.15, 0.2) is 24.3 Å². The van der Waals surface area contributed by atoms with Gasteiger partial charge < -0.3 is 10.6 Å². The fraction of sp³-hybridized carbons (Fsp3) is 0.308. The standard InChI is InChI=1S/C13H15N3O2S/c1-8-12(18)16(13(19)15-8)10-5-3-9(4-6-10)7-11(17)14-2/h3-6,8H,7H2,1-2H3,(H,14,17)(H,15,19). The van der Waals surface area contributed by atoms with Crippen molar-refractivity contribution in [2.24, 2.45) is 0 Å². The molecular formula is C13H15N3O2S. The van der Waals surface area contributed by atoms with Gasteiger partial charge in [0, 0.05) is 7.05 Å². The summed E-state index contributed by atoms with van der Waals surface area (Å²) in [5, 5.41) is 5.90. The highest BCUT2D eigenvalue weighted by molar-refractivity contribution is 7.80. The molecule has 1 atom stereocenters. The van der Waals surface area contributed by atoms with Crippen molar-refractivity contribution in [3.05, 3.63) is 29.8 Å². The second kappa shape index (κ2) is 5.36. The summed E-state index contributed by atoms with van der Waals surface area (Å²) in [5.74, 6) is -0.111. The molecule has 1 unspecified atom stereocenters. The maximum atomic E-state index is 11.9. The van der Waals surface area contributed by atoms with Gasteiger partial charge in [0.15, 0.2) is 5.11 Å². The van der Waals surface area contributed by atoms with Crippen molar-refractivity contribution >= 4 is 34.8 Å². The molecule has 1 saturated heterocycles. The highest BCUT2D eigenvalue weighted by Gasteiger charge is 2.33. The lowest BCUT2D eigenvalue weighted by molar-refractivity contribution is -0.120. The van der Waals surface area contributed by atoms with E-state index in [0.717, 1.165) is 5.56 Å². The van der Waals surface area contributed by atoms with Gasteiger partial charge in [-0.05, 0) is 36.8 Å². The molecule has 2 amide bonds. The molecule has 5 nitrogen and oxygen atoms in total. The summed E-state index contributed by atoms with van der Waals surface area (Å²) in [7, 11) is 1.60. The molecule has 6 heteroatoms. The number of thiocarbonyl (C=S) groups is 1. The number of hydrogen-bond donors (Lipinski definition) is 2. The van der Waals surface area contributed by atoms with Crippen molar-refractivity contribution in [2.45, 2.75) is 19.4 Å². The van der Waals surface area contributed by atoms with Crippen LogP contribution in [0, 0.1) is 0 Å². The molecule has 1 fully saturated rings. The summed E-state index contributed by atoms with van der Waals surface area (Å²) in [6.45, 7) is 1.77. The van der Waals surface area contributed by atoms with Crippen LogP contribution in [0.3, 0.4) is 0 Å². The van der Waals surface area contributed by atoms with Gasteiger partial charge in [-0.3, -0.25) is 14.5 Å². The number of carbonyl (C=O) groups is 2. The number of hydrogen-bond acceptors (Lipinski definition) is 3. The molecular weight excluding hydrogens is 262 g/mol. The van der Waals surface area contributed by atoms with Crippen LogP contribution in [0.5, 0.6) is 0 Å². The minimum Gasteiger partial charge on any atom is -0.359 e. The van der Waals surface area contributed by atoms with E-state index in [1.165, 1.54) is 4.90 Å². The zero-order valence-corrected chi connectivity index (χ0v) is 11.6. The molecule has 1 aliphatic rings. The van der Waals surface area contributed by atoms with Crippen molar-refractivity contribution in [1.82, 2.24) is 10.6 Å². The Morgan fingerprint density at radius 1 is 1.42 bits per heavy atom. The minimum absolute atomic E-state index is 0.0455. The van der Waals surface area contributed by atoms with Crippen LogP contribution in [-0.2, 0) is 16.0 Å². The van der Waals surface area contributed by atoms with E-state index in [0.29, 0.717) is 17.2 Å². The molecule has 1 aliphatic heterocycles. The zero-order chi connectivity index (χ0) is 14.0. The highest BCUT2D eigenvalue weighted by Crippen LogP contribution is 2.20. The van der Waals surface area contributed by atoms with Gasteiger partial charge in [0.25, 0.3) is 5.91 Å². The lowest BCUT2D eigenvalue weighted by atomic mass is 10.1. The molecule has 0 radical (unpaired) electrons. The monoisotopic (exact) mass is 277 g/mol. The predicted octanol–water partition coefficient (Wildman–Crippen LogP) is 0.585. The van der Waals surface area contributed by atoms with Gasteiger partial charge in [0.05, 0.1) is 12.1 Å². The van der Waals surface area contributed by atoms with Gasteiger partial charge >= 0.3 is 0 Å². The molecule has 0 aliphatic carbocycles. The Morgan fingerprint density at radius 3 is 2.53 bits per heavy atom. The van der Waals surface area contributed by atoms with Crippen molar-refractivity contribution in [2.75, 3.05) is 11.9 Å². The second-order valence-corrected chi connectivity index (χ2v) is 4.75. The first-order chi connectivity index (χ1) is 9.02. The van der Waals surface area contributed by atoms with Gasteiger partial charge in [0.2, 0.25) is 5.91 Å². The predicted molar refractivity (Wildman–Crippen MR) is 76.9 cm³/mol. The summed E-state index contributed by atoms with van der Waals surface area (Å²) in [4.78, 5) is 24.7. The van der Waals surface area contributed by atoms with E-state index in [1.807, 2.05) is 12.1 Å². The van der Waals surface area contributed by atoms with E-state index < -0.39 is 0 Å². The van der Waals surface area contributed by atoms with E-state index in [9.17, 15) is 9.59 Å². The van der Waals surface area contributed by atoms with Gasteiger partial charge in [0.1, 0.15) is 6.04 Å². The SMILES string of the molecule is CNC(=O)Cc1ccc(N2C(=O)C(C)NC2=S)cc1. The average molecular weight is 277 g/mol. The number of rotatable bonds is 3. The number of amides is 2. The summed E-state index contributed by atoms with van der Waals surface area (Å²) in [6.07, 6.45) is 0.323. The quantitative estimate of drug-likeness (QED) is 0.794. The van der Waals surface area contributed by atoms with Crippen molar-refractivity contribution < 1.29 is 9.59 Å². The smallest absolute Gasteiger partial charge is 0.255 e. The Balaban J connectivity index is 2.17. The largest absolute Gasteiger partial charge is 0.359 e. The van der Waals surface area contributed by atoms with E-state index in [1.54, 1.807) is 26.1 Å². The number of anilines is 1. The third kappa shape index (κ3) is 2.73. The maximum Gasteiger partial charge on any atom is 0.255 e. The number of likely N-dealkylation sites (N-methyl/N-ethyl adjacent to an activating group) is 1. The van der Waals surface area contributed by atoms with E-state index >= 15 is 0 Å². The van der Waals surface area contributed by atoms with Crippen LogP contribution in [0.2, 0.25) is 0 Å². The second-order valence-electron chi connectivity index (χ2n) is 4.36. The van der Waals surface area contributed by atoms with Crippen LogP contribution in [-0.4, -0.2) is 30.0 Å². The Labute approximate surface area is 117 Å². The third-order valence-electron chi connectivity index (χ3n) is 2.97. The minimum atomic E-state index is -0.293. The summed E-state index contributed by atoms with van der Waals surface area (Å²) in [6, 6.07) is 6.94. The van der Waals surface area contributed by atoms with Crippen molar-refractivity contribution in [3.63, 3.8) is 0 Å². The fourth-order valence-corrected chi connectivity index (χ4v) is 2.26. The van der Waals surface area contributed by atoms with E-state index in [2.05, 4.69) is 10.6 Å². The molecule has 19 heavy (non-hydrogen) atoms. The topological polar surface area (TPSA) is 61.4 Å². The van der Waals surface area contributed by atoms with Gasteiger partial charge in [-0.1, -0.05) is 12.1 Å². The van der Waals surface area contributed by atoms with Crippen LogP contribution < -0.4 is 15.5 Å². The lowest BCUT2D eigenvalue weighted by Crippen LogP contribution is -2.30. The molecule has 2 rings (SSSR count). The molecule has 1 aromatic carbocycles. The van der Waals surface area contributed by atoms with Crippen molar-refractivity contribution in [3.8, 4) is 0 Å². The van der Waals surface area contributed by atoms with Crippen LogP contribution in [0.1, 0.15) is 12.5 Å². The first kappa shape index (κ1) is 13.5. The molecule has 1 heterocycles. The Hall–Kier alpha value is -1.95. The summed E-state index contributed by atoms with van der Waals surface area (Å²) < 4.78 is 0. The van der Waals surface area contributed by atoms with Crippen molar-refractivity contribution in [1.29, 1.82) is 0 Å². The maximum absolute atomic E-state index is 11.9. The number of carbonyl (C=O) groups excluding carboxylic acids is 2.